The summed E-state index contributed by atoms with van der Waals surface area (Å²) in [6, 6.07) is 14.9. The topological polar surface area (TPSA) is 58.8 Å². The molecule has 0 bridgehead atoms. The molecule has 1 aliphatic carbocycles. The molecule has 156 valence electrons. The van der Waals surface area contributed by atoms with Gasteiger partial charge in [0.05, 0.1) is 11.9 Å². The number of aliphatic imine (C=N–C) groups is 1. The molecule has 1 aromatic carbocycles. The molecule has 2 N–H and O–H groups in total. The number of furan rings is 1. The first-order chi connectivity index (χ1) is 14.3. The van der Waals surface area contributed by atoms with Crippen molar-refractivity contribution in [1.29, 1.82) is 0 Å². The first-order valence-corrected chi connectivity index (χ1v) is 11.1. The Morgan fingerprint density at radius 2 is 1.93 bits per heavy atom. The third-order valence-electron chi connectivity index (χ3n) is 6.11. The maximum absolute atomic E-state index is 6.19. The average molecular weight is 396 g/mol. The number of benzene rings is 1. The molecule has 2 aromatic rings. The van der Waals surface area contributed by atoms with Crippen LogP contribution in [0, 0.1) is 0 Å². The lowest BCUT2D eigenvalue weighted by molar-refractivity contribution is -0.0815. The Morgan fingerprint density at radius 1 is 1.07 bits per heavy atom. The molecular weight excluding hydrogens is 362 g/mol. The van der Waals surface area contributed by atoms with Crippen molar-refractivity contribution < 1.29 is 9.15 Å². The fourth-order valence-corrected chi connectivity index (χ4v) is 4.57. The van der Waals surface area contributed by atoms with E-state index in [-0.39, 0.29) is 5.60 Å². The summed E-state index contributed by atoms with van der Waals surface area (Å²) in [5, 5.41) is 7.24. The van der Waals surface area contributed by atoms with Crippen molar-refractivity contribution in [3.8, 4) is 0 Å². The molecule has 1 atom stereocenters. The second kappa shape index (κ2) is 9.97. The Hall–Kier alpha value is -2.27. The van der Waals surface area contributed by atoms with Gasteiger partial charge in [0, 0.05) is 32.2 Å². The minimum absolute atomic E-state index is 0.110. The van der Waals surface area contributed by atoms with Crippen molar-refractivity contribution in [3.63, 3.8) is 0 Å². The Labute approximate surface area is 173 Å². The molecule has 5 heteroatoms. The number of nitrogens with one attached hydrogen (secondary N) is 2. The first kappa shape index (κ1) is 20.0. The molecule has 1 unspecified atom stereocenters. The third kappa shape index (κ3) is 5.86. The summed E-state index contributed by atoms with van der Waals surface area (Å²) in [6.45, 7) is 2.43. The van der Waals surface area contributed by atoms with E-state index in [1.165, 1.54) is 31.2 Å². The van der Waals surface area contributed by atoms with Crippen LogP contribution >= 0.6 is 0 Å². The minimum atomic E-state index is 0.110. The number of rotatable bonds is 7. The van der Waals surface area contributed by atoms with Gasteiger partial charge >= 0.3 is 0 Å². The van der Waals surface area contributed by atoms with E-state index >= 15 is 0 Å². The highest BCUT2D eigenvalue weighted by Crippen LogP contribution is 2.39. The van der Waals surface area contributed by atoms with Gasteiger partial charge in [-0.25, -0.2) is 0 Å². The summed E-state index contributed by atoms with van der Waals surface area (Å²) >= 11 is 0. The van der Waals surface area contributed by atoms with Crippen molar-refractivity contribution in [1.82, 2.24) is 10.6 Å². The molecule has 1 saturated heterocycles. The van der Waals surface area contributed by atoms with Crippen LogP contribution in [0.5, 0.6) is 0 Å². The zero-order chi connectivity index (χ0) is 19.8. The standard InChI is InChI=1S/C24H33N3O2/c1-2-7-20(8-3-1)10-15-25-23(26-16-11-22-9-6-17-28-22)27-21-12-18-29-24(19-21)13-4-5-14-24/h1-3,6-9,17,21H,4-5,10-16,18-19H2,(H2,25,26,27). The molecule has 4 rings (SSSR count). The molecule has 1 aromatic heterocycles. The van der Waals surface area contributed by atoms with Crippen LogP contribution in [0.4, 0.5) is 0 Å². The lowest BCUT2D eigenvalue weighted by Crippen LogP contribution is -2.51. The molecule has 1 aliphatic heterocycles. The van der Waals surface area contributed by atoms with Crippen LogP contribution in [-0.2, 0) is 17.6 Å². The smallest absolute Gasteiger partial charge is 0.191 e. The van der Waals surface area contributed by atoms with Gasteiger partial charge in [0.1, 0.15) is 5.76 Å². The summed E-state index contributed by atoms with van der Waals surface area (Å²) in [4.78, 5) is 4.83. The maximum atomic E-state index is 6.19. The van der Waals surface area contributed by atoms with Gasteiger partial charge in [-0.3, -0.25) is 4.99 Å². The van der Waals surface area contributed by atoms with Gasteiger partial charge in [0.25, 0.3) is 0 Å². The Kier molecular flexibility index (Phi) is 6.88. The monoisotopic (exact) mass is 395 g/mol. The predicted octanol–water partition coefficient (Wildman–Crippen LogP) is 4.09. The summed E-state index contributed by atoms with van der Waals surface area (Å²) in [7, 11) is 0. The zero-order valence-corrected chi connectivity index (χ0v) is 17.2. The fourth-order valence-electron chi connectivity index (χ4n) is 4.57. The number of hydrogen-bond acceptors (Lipinski definition) is 3. The highest BCUT2D eigenvalue weighted by Gasteiger charge is 2.40. The number of ether oxygens (including phenoxy) is 1. The molecule has 1 spiro atoms. The van der Waals surface area contributed by atoms with E-state index in [1.54, 1.807) is 6.26 Å². The summed E-state index contributed by atoms with van der Waals surface area (Å²) in [5.74, 6) is 1.89. The number of nitrogens with zero attached hydrogens (tertiary/aromatic N) is 1. The summed E-state index contributed by atoms with van der Waals surface area (Å²) < 4.78 is 11.6. The third-order valence-corrected chi connectivity index (χ3v) is 6.11. The van der Waals surface area contributed by atoms with Crippen LogP contribution < -0.4 is 10.6 Å². The first-order valence-electron chi connectivity index (χ1n) is 11.1. The second-order valence-electron chi connectivity index (χ2n) is 8.29. The molecular formula is C24H33N3O2. The molecule has 2 aliphatic rings. The van der Waals surface area contributed by atoms with E-state index in [0.717, 1.165) is 50.6 Å². The van der Waals surface area contributed by atoms with Gasteiger partial charge < -0.3 is 19.8 Å². The highest BCUT2D eigenvalue weighted by atomic mass is 16.5. The SMILES string of the molecule is c1ccc(CCNC(=NCCc2ccco2)NC2CCOC3(CCCC3)C2)cc1. The predicted molar refractivity (Wildman–Crippen MR) is 116 cm³/mol. The maximum Gasteiger partial charge on any atom is 0.191 e. The Bertz CT molecular complexity index is 752. The van der Waals surface area contributed by atoms with Gasteiger partial charge in [0.2, 0.25) is 0 Å². The second-order valence-corrected chi connectivity index (χ2v) is 8.29. The lowest BCUT2D eigenvalue weighted by atomic mass is 9.89. The van der Waals surface area contributed by atoms with E-state index in [1.807, 2.05) is 12.1 Å². The Balaban J connectivity index is 1.34. The van der Waals surface area contributed by atoms with Gasteiger partial charge in [-0.1, -0.05) is 43.2 Å². The lowest BCUT2D eigenvalue weighted by Gasteiger charge is -2.39. The normalized spacial score (nSPS) is 21.4. The molecule has 0 amide bonds. The van der Waals surface area contributed by atoms with Gasteiger partial charge in [-0.2, -0.15) is 0 Å². The van der Waals surface area contributed by atoms with Crippen LogP contribution in [-0.4, -0.2) is 37.3 Å². The van der Waals surface area contributed by atoms with Crippen molar-refractivity contribution in [3.05, 3.63) is 60.1 Å². The zero-order valence-electron chi connectivity index (χ0n) is 17.2. The average Bonchev–Trinajstić information content (AvgIpc) is 3.41. The fraction of sp³-hybridized carbons (Fsp3) is 0.542. The molecule has 1 saturated carbocycles. The number of guanidine groups is 1. The van der Waals surface area contributed by atoms with Crippen LogP contribution in [0.3, 0.4) is 0 Å². The minimum Gasteiger partial charge on any atom is -0.469 e. The highest BCUT2D eigenvalue weighted by molar-refractivity contribution is 5.80. The van der Waals surface area contributed by atoms with Crippen molar-refractivity contribution in [2.45, 2.75) is 63.0 Å². The van der Waals surface area contributed by atoms with Gasteiger partial charge in [0.15, 0.2) is 5.96 Å². The van der Waals surface area contributed by atoms with Crippen LogP contribution in [0.15, 0.2) is 58.1 Å². The summed E-state index contributed by atoms with van der Waals surface area (Å²) in [5.41, 5.74) is 1.45. The largest absolute Gasteiger partial charge is 0.469 e. The van der Waals surface area contributed by atoms with Crippen molar-refractivity contribution in [2.75, 3.05) is 19.7 Å². The van der Waals surface area contributed by atoms with Gasteiger partial charge in [-0.15, -0.1) is 0 Å². The molecule has 2 heterocycles. The van der Waals surface area contributed by atoms with Crippen molar-refractivity contribution in [2.24, 2.45) is 4.99 Å². The quantitative estimate of drug-likeness (QED) is 0.548. The summed E-state index contributed by atoms with van der Waals surface area (Å²) in [6.07, 6.45) is 10.7. The Morgan fingerprint density at radius 3 is 2.72 bits per heavy atom. The molecule has 0 radical (unpaired) electrons. The van der Waals surface area contributed by atoms with E-state index in [2.05, 4.69) is 41.0 Å². The van der Waals surface area contributed by atoms with Gasteiger partial charge in [-0.05, 0) is 49.8 Å². The molecule has 2 fully saturated rings. The van der Waals surface area contributed by atoms with E-state index in [4.69, 9.17) is 14.1 Å². The van der Waals surface area contributed by atoms with E-state index in [0.29, 0.717) is 12.6 Å². The number of hydrogen-bond donors (Lipinski definition) is 2. The van der Waals surface area contributed by atoms with E-state index < -0.39 is 0 Å². The van der Waals surface area contributed by atoms with Crippen LogP contribution in [0.2, 0.25) is 0 Å². The van der Waals surface area contributed by atoms with Crippen molar-refractivity contribution >= 4 is 5.96 Å². The van der Waals surface area contributed by atoms with Crippen LogP contribution in [0.1, 0.15) is 49.8 Å². The molecule has 29 heavy (non-hydrogen) atoms. The molecule has 5 nitrogen and oxygen atoms in total. The van der Waals surface area contributed by atoms with Crippen LogP contribution in [0.25, 0.3) is 0 Å². The van der Waals surface area contributed by atoms with E-state index in [9.17, 15) is 0 Å².